The first-order valence-electron chi connectivity index (χ1n) is 14.3. The van der Waals surface area contributed by atoms with Gasteiger partial charge in [-0.1, -0.05) is 41.5 Å². The van der Waals surface area contributed by atoms with Crippen molar-refractivity contribution >= 4 is 13.7 Å². The van der Waals surface area contributed by atoms with Crippen molar-refractivity contribution < 1.29 is 42.2 Å². The Morgan fingerprint density at radius 3 is 2.15 bits per heavy atom. The summed E-state index contributed by atoms with van der Waals surface area (Å²) in [4.78, 5) is 11.0. The number of hydrogen-bond acceptors (Lipinski definition) is 10. The Morgan fingerprint density at radius 2 is 1.54 bits per heavy atom. The summed E-state index contributed by atoms with van der Waals surface area (Å²) in [6.07, 6.45) is -0.283. The molecule has 2 aliphatic rings. The molecule has 0 aromatic heterocycles. The van der Waals surface area contributed by atoms with Crippen molar-refractivity contribution in [2.45, 2.75) is 110 Å². The predicted octanol–water partition coefficient (Wildman–Crippen LogP) is 3.97. The summed E-state index contributed by atoms with van der Waals surface area (Å²) in [5.74, 6) is -0.649. The van der Waals surface area contributed by atoms with Crippen LogP contribution in [0, 0.1) is 35.0 Å². The fraction of sp³-hybridized carbons (Fsp3) is 0.926. The van der Waals surface area contributed by atoms with E-state index in [2.05, 4.69) is 6.92 Å². The van der Waals surface area contributed by atoms with Gasteiger partial charge in [-0.3, -0.25) is 18.4 Å². The molecule has 0 radical (unpaired) electrons. The minimum absolute atomic E-state index is 0.0125. The third-order valence-corrected chi connectivity index (χ3v) is 9.63. The van der Waals surface area contributed by atoms with Crippen LogP contribution in [0.5, 0.6) is 0 Å². The maximum atomic E-state index is 14.0. The molecule has 0 bridgehead atoms. The number of ether oxygens (including phenoxy) is 3. The first kappa shape index (κ1) is 34.1. The van der Waals surface area contributed by atoms with Crippen LogP contribution in [-0.4, -0.2) is 74.1 Å². The number of primary amides is 1. The fourth-order valence-electron chi connectivity index (χ4n) is 5.38. The number of amides is 1. The summed E-state index contributed by atoms with van der Waals surface area (Å²) in [6, 6.07) is 1.97. The molecule has 2 saturated heterocycles. The minimum Gasteiger partial charge on any atom is -0.392 e. The van der Waals surface area contributed by atoms with Gasteiger partial charge in [-0.25, -0.2) is 4.57 Å². The van der Waals surface area contributed by atoms with Gasteiger partial charge in [0.15, 0.2) is 0 Å². The van der Waals surface area contributed by atoms with Crippen molar-refractivity contribution in [3.05, 3.63) is 0 Å². The molecule has 2 heterocycles. The predicted molar refractivity (Wildman–Crippen MR) is 144 cm³/mol. The number of nitrogens with zero attached hydrogens (tertiary/aromatic N) is 1. The number of hydrogen-bond donors (Lipinski definition) is 2. The van der Waals surface area contributed by atoms with Gasteiger partial charge in [0.2, 0.25) is 5.91 Å². The number of phosphoric ester groups is 1. The van der Waals surface area contributed by atoms with Gasteiger partial charge in [-0.15, -0.1) is 0 Å². The largest absolute Gasteiger partial charge is 0.475 e. The Balaban J connectivity index is 2.18. The molecule has 2 fully saturated rings. The molecular weight excluding hydrogens is 527 g/mol. The van der Waals surface area contributed by atoms with Crippen LogP contribution in [0.4, 0.5) is 0 Å². The summed E-state index contributed by atoms with van der Waals surface area (Å²) < 4.78 is 49.8. The van der Waals surface area contributed by atoms with Crippen molar-refractivity contribution in [2.24, 2.45) is 29.4 Å². The van der Waals surface area contributed by atoms with Crippen LogP contribution in [0.3, 0.4) is 0 Å². The van der Waals surface area contributed by atoms with Crippen LogP contribution in [0.2, 0.25) is 0 Å². The number of nitriles is 1. The molecule has 0 aromatic rings. The molecule has 12 heteroatoms. The topological polar surface area (TPSA) is 160 Å². The zero-order valence-electron chi connectivity index (χ0n) is 24.3. The number of phosphoric acid groups is 1. The monoisotopic (exact) mass is 576 g/mol. The van der Waals surface area contributed by atoms with E-state index in [0.29, 0.717) is 13.0 Å². The molecule has 11 atom stereocenters. The van der Waals surface area contributed by atoms with E-state index < -0.39 is 38.1 Å². The lowest BCUT2D eigenvalue weighted by Gasteiger charge is -2.45. The summed E-state index contributed by atoms with van der Waals surface area (Å²) in [5, 5.41) is 19.7. The van der Waals surface area contributed by atoms with Crippen molar-refractivity contribution in [2.75, 3.05) is 26.4 Å². The van der Waals surface area contributed by atoms with Gasteiger partial charge in [-0.2, -0.15) is 5.26 Å². The van der Waals surface area contributed by atoms with Gasteiger partial charge < -0.3 is 25.1 Å². The second kappa shape index (κ2) is 16.4. The molecule has 11 nitrogen and oxygen atoms in total. The molecule has 0 aromatic carbocycles. The zero-order valence-corrected chi connectivity index (χ0v) is 25.2. The highest BCUT2D eigenvalue weighted by atomic mass is 31.2. The molecule has 0 spiro atoms. The van der Waals surface area contributed by atoms with E-state index >= 15 is 0 Å². The van der Waals surface area contributed by atoms with E-state index in [9.17, 15) is 14.5 Å². The van der Waals surface area contributed by atoms with Crippen LogP contribution in [0.25, 0.3) is 0 Å². The Morgan fingerprint density at radius 1 is 0.923 bits per heavy atom. The molecule has 226 valence electrons. The minimum atomic E-state index is -4.17. The Labute approximate surface area is 233 Å². The Hall–Kier alpha value is -1.09. The van der Waals surface area contributed by atoms with Gasteiger partial charge in [0.05, 0.1) is 56.7 Å². The van der Waals surface area contributed by atoms with E-state index in [4.69, 9.17) is 38.8 Å². The summed E-state index contributed by atoms with van der Waals surface area (Å²) >= 11 is 0. The average Bonchev–Trinajstić information content (AvgIpc) is 2.90. The number of carbonyl (C=O) groups is 1. The molecule has 39 heavy (non-hydrogen) atoms. The number of carbonyl (C=O) groups excluding carboxylic acids is 1. The first-order valence-corrected chi connectivity index (χ1v) is 15.7. The van der Waals surface area contributed by atoms with E-state index in [0.717, 1.165) is 12.8 Å². The molecule has 0 saturated carbocycles. The van der Waals surface area contributed by atoms with Crippen molar-refractivity contribution in [3.63, 3.8) is 0 Å². The number of aliphatic hydroxyl groups is 1. The molecule has 1 amide bonds. The molecule has 2 rings (SSSR count). The molecule has 3 N–H and O–H groups in total. The molecule has 11 unspecified atom stereocenters. The van der Waals surface area contributed by atoms with Crippen molar-refractivity contribution in [1.82, 2.24) is 0 Å². The average molecular weight is 577 g/mol. The quantitative estimate of drug-likeness (QED) is 0.203. The smallest absolute Gasteiger partial charge is 0.392 e. The summed E-state index contributed by atoms with van der Waals surface area (Å²) in [6.45, 7) is 12.2. The summed E-state index contributed by atoms with van der Waals surface area (Å²) in [7, 11) is -4.17. The zero-order chi connectivity index (χ0) is 29.2. The van der Waals surface area contributed by atoms with E-state index in [1.807, 2.05) is 40.7 Å². The van der Waals surface area contributed by atoms with Crippen LogP contribution in [-0.2, 0) is 37.1 Å². The molecular formula is C27H49N2O9P. The second-order valence-corrected chi connectivity index (χ2v) is 12.5. The van der Waals surface area contributed by atoms with Crippen LogP contribution in [0.15, 0.2) is 0 Å². The standard InChI is InChI=1S/C27H49N2O9P/c1-7-21-17(3)18(4)27(24(37-21)15-33-13-9-11-25(29)30)38-39(32,34-14-10-12-28)35-16-23-20(6)26(31)19(5)22(8-2)36-23/h17-24,26-27,31H,7-11,13-16H2,1-6H3,(H2,29,30). The number of rotatable bonds is 16. The first-order chi connectivity index (χ1) is 18.5. The lowest BCUT2D eigenvalue weighted by atomic mass is 9.80. The summed E-state index contributed by atoms with van der Waals surface area (Å²) in [5.41, 5.74) is 5.21. The highest BCUT2D eigenvalue weighted by Crippen LogP contribution is 2.54. The maximum Gasteiger partial charge on any atom is 0.475 e. The fourth-order valence-corrected chi connectivity index (χ4v) is 6.85. The van der Waals surface area contributed by atoms with Crippen LogP contribution in [0.1, 0.15) is 73.6 Å². The van der Waals surface area contributed by atoms with Crippen LogP contribution >= 0.6 is 7.82 Å². The Bertz CT molecular complexity index is 839. The van der Waals surface area contributed by atoms with Gasteiger partial charge in [0.1, 0.15) is 12.2 Å². The second-order valence-electron chi connectivity index (χ2n) is 10.9. The number of aliphatic hydroxyl groups excluding tert-OH is 1. The van der Waals surface area contributed by atoms with E-state index in [-0.39, 0.29) is 68.5 Å². The lowest BCUT2D eigenvalue weighted by Crippen LogP contribution is -2.52. The van der Waals surface area contributed by atoms with Gasteiger partial charge >= 0.3 is 7.82 Å². The van der Waals surface area contributed by atoms with E-state index in [1.165, 1.54) is 0 Å². The van der Waals surface area contributed by atoms with E-state index in [1.54, 1.807) is 0 Å². The highest BCUT2D eigenvalue weighted by molar-refractivity contribution is 7.48. The van der Waals surface area contributed by atoms with Crippen LogP contribution < -0.4 is 5.73 Å². The normalized spacial score (nSPS) is 36.7. The third kappa shape index (κ3) is 9.75. The lowest BCUT2D eigenvalue weighted by molar-refractivity contribution is -0.189. The van der Waals surface area contributed by atoms with Gasteiger partial charge in [-0.05, 0) is 31.1 Å². The highest BCUT2D eigenvalue weighted by Gasteiger charge is 2.47. The third-order valence-electron chi connectivity index (χ3n) is 8.16. The molecule has 0 aliphatic carbocycles. The van der Waals surface area contributed by atoms with Gasteiger partial charge in [0, 0.05) is 24.9 Å². The van der Waals surface area contributed by atoms with Crippen molar-refractivity contribution in [1.29, 1.82) is 5.26 Å². The van der Waals surface area contributed by atoms with Gasteiger partial charge in [0.25, 0.3) is 0 Å². The molecule has 2 aliphatic heterocycles. The van der Waals surface area contributed by atoms with Crippen molar-refractivity contribution in [3.8, 4) is 6.07 Å². The SMILES string of the molecule is CCC1OC(COCCCC(N)=O)C(OP(=O)(OCCC#N)OCC2OC(CC)C(C)C(O)C2C)C(C)C1C. The Kier molecular flexibility index (Phi) is 14.3. The number of nitrogens with two attached hydrogens (primary N) is 1. The maximum absolute atomic E-state index is 14.0.